The van der Waals surface area contributed by atoms with Gasteiger partial charge in [-0.25, -0.2) is 0 Å². The molecule has 0 aliphatic carbocycles. The second-order valence-corrected chi connectivity index (χ2v) is 5.41. The van der Waals surface area contributed by atoms with E-state index in [1.54, 1.807) is 0 Å². The molecule has 0 saturated heterocycles. The van der Waals surface area contributed by atoms with Gasteiger partial charge in [-0.2, -0.15) is 0 Å². The molecule has 0 fully saturated rings. The zero-order chi connectivity index (χ0) is 12.7. The van der Waals surface area contributed by atoms with E-state index >= 15 is 0 Å². The lowest BCUT2D eigenvalue weighted by molar-refractivity contribution is 0.177. The second-order valence-electron chi connectivity index (χ2n) is 4.56. The Hall–Kier alpha value is -0.380. The highest BCUT2D eigenvalue weighted by atomic mass is 79.9. The second kappa shape index (κ2) is 7.85. The van der Waals surface area contributed by atoms with E-state index in [-0.39, 0.29) is 6.61 Å². The van der Waals surface area contributed by atoms with Crippen LogP contribution in [-0.4, -0.2) is 36.8 Å². The first kappa shape index (κ1) is 14.7. The fraction of sp³-hybridized carbons (Fsp3) is 0.571. The SMILES string of the molecule is CCC(CO)CN(C)CCc1ccccc1Br. The van der Waals surface area contributed by atoms with Gasteiger partial charge in [0, 0.05) is 24.2 Å². The monoisotopic (exact) mass is 299 g/mol. The number of aliphatic hydroxyl groups is 1. The number of hydrogen-bond donors (Lipinski definition) is 1. The van der Waals surface area contributed by atoms with Gasteiger partial charge in [-0.1, -0.05) is 41.1 Å². The fourth-order valence-corrected chi connectivity index (χ4v) is 2.34. The highest BCUT2D eigenvalue weighted by Crippen LogP contribution is 2.16. The van der Waals surface area contributed by atoms with Crippen molar-refractivity contribution in [3.8, 4) is 0 Å². The summed E-state index contributed by atoms with van der Waals surface area (Å²) < 4.78 is 1.18. The molecule has 1 aromatic carbocycles. The number of rotatable bonds is 7. The summed E-state index contributed by atoms with van der Waals surface area (Å²) >= 11 is 3.57. The van der Waals surface area contributed by atoms with E-state index < -0.39 is 0 Å². The van der Waals surface area contributed by atoms with Crippen molar-refractivity contribution in [2.75, 3.05) is 26.7 Å². The molecule has 0 amide bonds. The van der Waals surface area contributed by atoms with Crippen LogP contribution in [0, 0.1) is 5.92 Å². The number of aliphatic hydroxyl groups excluding tert-OH is 1. The Bertz CT molecular complexity index is 326. The van der Waals surface area contributed by atoms with Gasteiger partial charge >= 0.3 is 0 Å². The van der Waals surface area contributed by atoms with Crippen molar-refractivity contribution in [3.63, 3.8) is 0 Å². The van der Waals surface area contributed by atoms with E-state index in [1.807, 2.05) is 6.07 Å². The van der Waals surface area contributed by atoms with Gasteiger partial charge < -0.3 is 10.0 Å². The van der Waals surface area contributed by atoms with Crippen LogP contribution in [0.3, 0.4) is 0 Å². The smallest absolute Gasteiger partial charge is 0.0471 e. The Kier molecular flexibility index (Phi) is 6.78. The van der Waals surface area contributed by atoms with Gasteiger partial charge in [0.05, 0.1) is 0 Å². The largest absolute Gasteiger partial charge is 0.396 e. The topological polar surface area (TPSA) is 23.5 Å². The fourth-order valence-electron chi connectivity index (χ4n) is 1.86. The normalized spacial score (nSPS) is 13.0. The lowest BCUT2D eigenvalue weighted by Gasteiger charge is -2.21. The van der Waals surface area contributed by atoms with Crippen LogP contribution < -0.4 is 0 Å². The van der Waals surface area contributed by atoms with Crippen LogP contribution in [0.2, 0.25) is 0 Å². The van der Waals surface area contributed by atoms with Crippen LogP contribution in [0.15, 0.2) is 28.7 Å². The molecule has 0 aliphatic heterocycles. The van der Waals surface area contributed by atoms with Crippen molar-refractivity contribution in [2.24, 2.45) is 5.92 Å². The third kappa shape index (κ3) is 5.19. The number of halogens is 1. The molecule has 0 bridgehead atoms. The summed E-state index contributed by atoms with van der Waals surface area (Å²) in [7, 11) is 2.12. The Morgan fingerprint density at radius 2 is 2.06 bits per heavy atom. The summed E-state index contributed by atoms with van der Waals surface area (Å²) in [5, 5.41) is 9.17. The first-order valence-electron chi connectivity index (χ1n) is 6.20. The number of hydrogen-bond acceptors (Lipinski definition) is 2. The summed E-state index contributed by atoms with van der Waals surface area (Å²) in [6, 6.07) is 8.35. The zero-order valence-electron chi connectivity index (χ0n) is 10.7. The lowest BCUT2D eigenvalue weighted by Crippen LogP contribution is -2.29. The van der Waals surface area contributed by atoms with Gasteiger partial charge in [-0.15, -0.1) is 0 Å². The van der Waals surface area contributed by atoms with E-state index in [0.29, 0.717) is 5.92 Å². The predicted molar refractivity (Wildman–Crippen MR) is 76.2 cm³/mol. The molecule has 1 rings (SSSR count). The summed E-state index contributed by atoms with van der Waals surface area (Å²) in [6.45, 7) is 4.41. The first-order chi connectivity index (χ1) is 8.17. The van der Waals surface area contributed by atoms with Crippen molar-refractivity contribution in [1.29, 1.82) is 0 Å². The molecule has 96 valence electrons. The maximum absolute atomic E-state index is 9.17. The molecule has 2 nitrogen and oxygen atoms in total. The molecular weight excluding hydrogens is 278 g/mol. The molecular formula is C14H22BrNO. The number of benzene rings is 1. The summed E-state index contributed by atoms with van der Waals surface area (Å²) in [4.78, 5) is 2.30. The van der Waals surface area contributed by atoms with Crippen molar-refractivity contribution in [2.45, 2.75) is 19.8 Å². The highest BCUT2D eigenvalue weighted by Gasteiger charge is 2.08. The third-order valence-corrected chi connectivity index (χ3v) is 3.90. The molecule has 17 heavy (non-hydrogen) atoms. The maximum atomic E-state index is 9.17. The highest BCUT2D eigenvalue weighted by molar-refractivity contribution is 9.10. The van der Waals surface area contributed by atoms with E-state index in [2.05, 4.69) is 53.0 Å². The molecule has 1 N–H and O–H groups in total. The van der Waals surface area contributed by atoms with Gasteiger partial charge in [0.15, 0.2) is 0 Å². The van der Waals surface area contributed by atoms with Crippen molar-refractivity contribution in [3.05, 3.63) is 34.3 Å². The summed E-state index contributed by atoms with van der Waals surface area (Å²) in [6.07, 6.45) is 2.08. The van der Waals surface area contributed by atoms with Crippen molar-refractivity contribution < 1.29 is 5.11 Å². The molecule has 1 unspecified atom stereocenters. The molecule has 0 saturated carbocycles. The zero-order valence-corrected chi connectivity index (χ0v) is 12.3. The number of likely N-dealkylation sites (N-methyl/N-ethyl adjacent to an activating group) is 1. The van der Waals surface area contributed by atoms with E-state index in [1.165, 1.54) is 10.0 Å². The van der Waals surface area contributed by atoms with Crippen LogP contribution in [0.4, 0.5) is 0 Å². The van der Waals surface area contributed by atoms with Crippen LogP contribution in [0.1, 0.15) is 18.9 Å². The standard InChI is InChI=1S/C14H22BrNO/c1-3-12(11-17)10-16(2)9-8-13-6-4-5-7-14(13)15/h4-7,12,17H,3,8-11H2,1-2H3. The summed E-state index contributed by atoms with van der Waals surface area (Å²) in [5.74, 6) is 0.402. The minimum absolute atomic E-state index is 0.288. The first-order valence-corrected chi connectivity index (χ1v) is 6.99. The molecule has 1 aromatic rings. The molecule has 0 heterocycles. The molecule has 3 heteroatoms. The molecule has 1 atom stereocenters. The van der Waals surface area contributed by atoms with Gasteiger partial charge in [-0.3, -0.25) is 0 Å². The Morgan fingerprint density at radius 3 is 2.65 bits per heavy atom. The van der Waals surface area contributed by atoms with Gasteiger partial charge in [0.25, 0.3) is 0 Å². The van der Waals surface area contributed by atoms with Crippen LogP contribution in [0.5, 0.6) is 0 Å². The van der Waals surface area contributed by atoms with Gasteiger partial charge in [-0.05, 0) is 37.4 Å². The molecule has 0 spiro atoms. The van der Waals surface area contributed by atoms with Crippen LogP contribution in [-0.2, 0) is 6.42 Å². The maximum Gasteiger partial charge on any atom is 0.0471 e. The van der Waals surface area contributed by atoms with E-state index in [9.17, 15) is 5.11 Å². The van der Waals surface area contributed by atoms with E-state index in [0.717, 1.165) is 25.9 Å². The van der Waals surface area contributed by atoms with Gasteiger partial charge in [0.1, 0.15) is 0 Å². The van der Waals surface area contributed by atoms with Gasteiger partial charge in [0.2, 0.25) is 0 Å². The molecule has 0 radical (unpaired) electrons. The molecule has 0 aliphatic rings. The minimum Gasteiger partial charge on any atom is -0.396 e. The van der Waals surface area contributed by atoms with Crippen molar-refractivity contribution in [1.82, 2.24) is 4.90 Å². The average molecular weight is 300 g/mol. The predicted octanol–water partition coefficient (Wildman–Crippen LogP) is 2.94. The van der Waals surface area contributed by atoms with E-state index in [4.69, 9.17) is 0 Å². The van der Waals surface area contributed by atoms with Crippen molar-refractivity contribution >= 4 is 15.9 Å². The van der Waals surface area contributed by atoms with Crippen LogP contribution in [0.25, 0.3) is 0 Å². The minimum atomic E-state index is 0.288. The Morgan fingerprint density at radius 1 is 1.35 bits per heavy atom. The summed E-state index contributed by atoms with van der Waals surface area (Å²) in [5.41, 5.74) is 1.34. The molecule has 0 aromatic heterocycles. The quantitative estimate of drug-likeness (QED) is 0.837. The lowest BCUT2D eigenvalue weighted by atomic mass is 10.1. The Labute approximate surface area is 113 Å². The Balaban J connectivity index is 2.38. The number of nitrogens with zero attached hydrogens (tertiary/aromatic N) is 1. The van der Waals surface area contributed by atoms with Crippen LogP contribution >= 0.6 is 15.9 Å². The average Bonchev–Trinajstić information content (AvgIpc) is 2.35. The third-order valence-electron chi connectivity index (χ3n) is 3.13.